The number of ether oxygens (including phenoxy) is 5. The molecule has 1 saturated heterocycles. The molecule has 4 rings (SSSR count). The molecule has 10 nitrogen and oxygen atoms in total. The number of esters is 2. The first-order valence-electron chi connectivity index (χ1n) is 13.8. The second-order valence-corrected chi connectivity index (χ2v) is 11.9. The summed E-state index contributed by atoms with van der Waals surface area (Å²) < 4.78 is 62.4. The second kappa shape index (κ2) is 14.2. The van der Waals surface area contributed by atoms with E-state index in [1.54, 1.807) is 12.1 Å². The number of aryl methyl sites for hydroxylation is 1. The summed E-state index contributed by atoms with van der Waals surface area (Å²) in [5, 5.41) is 0. The van der Waals surface area contributed by atoms with Crippen molar-refractivity contribution in [3.05, 3.63) is 102 Å². The Morgan fingerprint density at radius 3 is 1.95 bits per heavy atom. The van der Waals surface area contributed by atoms with Crippen molar-refractivity contribution in [3.63, 3.8) is 0 Å². The summed E-state index contributed by atoms with van der Waals surface area (Å²) in [5.74, 6) is -1.38. The van der Waals surface area contributed by atoms with Gasteiger partial charge in [0.1, 0.15) is 12.2 Å². The minimum atomic E-state index is -4.31. The third-order valence-electron chi connectivity index (χ3n) is 6.95. The largest absolute Gasteiger partial charge is 0.453 e. The molecule has 230 valence electrons. The van der Waals surface area contributed by atoms with E-state index in [9.17, 15) is 18.0 Å². The molecule has 1 aliphatic rings. The van der Waals surface area contributed by atoms with Crippen molar-refractivity contribution in [3.8, 4) is 0 Å². The highest BCUT2D eigenvalue weighted by Gasteiger charge is 2.63. The first-order valence-corrected chi connectivity index (χ1v) is 15.2. The van der Waals surface area contributed by atoms with Crippen LogP contribution >= 0.6 is 0 Å². The zero-order valence-electron chi connectivity index (χ0n) is 24.5. The van der Waals surface area contributed by atoms with Gasteiger partial charge in [0, 0.05) is 13.8 Å². The Balaban J connectivity index is 1.74. The lowest BCUT2D eigenvalue weighted by Gasteiger charge is -2.38. The van der Waals surface area contributed by atoms with Gasteiger partial charge in [-0.1, -0.05) is 78.4 Å². The van der Waals surface area contributed by atoms with Crippen LogP contribution in [0.3, 0.4) is 0 Å². The summed E-state index contributed by atoms with van der Waals surface area (Å²) >= 11 is 0. The third kappa shape index (κ3) is 8.27. The average Bonchev–Trinajstić information content (AvgIpc) is 3.24. The molecule has 0 radical (unpaired) electrons. The van der Waals surface area contributed by atoms with Gasteiger partial charge in [0.2, 0.25) is 6.29 Å². The fraction of sp³-hybridized carbons (Fsp3) is 0.375. The van der Waals surface area contributed by atoms with Gasteiger partial charge in [0.25, 0.3) is 10.1 Å². The molecule has 0 aliphatic carbocycles. The van der Waals surface area contributed by atoms with Crippen LogP contribution in [0.1, 0.15) is 37.5 Å². The van der Waals surface area contributed by atoms with Crippen LogP contribution in [-0.2, 0) is 60.8 Å². The van der Waals surface area contributed by atoms with Gasteiger partial charge in [-0.15, -0.1) is 0 Å². The van der Waals surface area contributed by atoms with E-state index < -0.39 is 52.3 Å². The number of rotatable bonds is 13. The molecular formula is C32H36O10S. The van der Waals surface area contributed by atoms with Crippen LogP contribution in [0.15, 0.2) is 89.8 Å². The van der Waals surface area contributed by atoms with E-state index in [-0.39, 0.29) is 24.7 Å². The van der Waals surface area contributed by atoms with Gasteiger partial charge in [-0.25, -0.2) is 0 Å². The lowest BCUT2D eigenvalue weighted by atomic mass is 9.90. The molecule has 1 heterocycles. The highest BCUT2D eigenvalue weighted by atomic mass is 32.2. The van der Waals surface area contributed by atoms with Crippen molar-refractivity contribution in [2.24, 2.45) is 0 Å². The Bertz CT molecular complexity index is 1460. The molecule has 0 aromatic heterocycles. The Morgan fingerprint density at radius 1 is 0.837 bits per heavy atom. The summed E-state index contributed by atoms with van der Waals surface area (Å²) in [6.07, 6.45) is -5.15. The lowest BCUT2D eigenvalue weighted by molar-refractivity contribution is -0.228. The van der Waals surface area contributed by atoms with E-state index in [0.717, 1.165) is 16.7 Å². The molecule has 0 spiro atoms. The number of hydrogen-bond acceptors (Lipinski definition) is 10. The van der Waals surface area contributed by atoms with E-state index in [0.29, 0.717) is 0 Å². The van der Waals surface area contributed by atoms with Crippen LogP contribution in [0.25, 0.3) is 0 Å². The number of hydrogen-bond donors (Lipinski definition) is 0. The number of carbonyl (C=O) groups is 2. The van der Waals surface area contributed by atoms with E-state index >= 15 is 0 Å². The molecule has 0 N–H and O–H groups in total. The minimum absolute atomic E-state index is 0.0390. The Morgan fingerprint density at radius 2 is 1.40 bits per heavy atom. The standard InChI is InChI=1S/C32H36O10S/c1-22-15-17-28(18-16-22)43(35,36)42-23(2)32(21-37-19-26-11-7-5-8-12-26)30(38-20-27-13-9-6-10-14-27)29(39-24(3)33)31(41-32)40-25(4)34/h5-18,23,29-31H,19-21H2,1-4H3/t23?,29-,30+,31+,32?/m1/s1. The Kier molecular flexibility index (Phi) is 10.7. The first kappa shape index (κ1) is 32.3. The van der Waals surface area contributed by atoms with Gasteiger partial charge in [0.15, 0.2) is 11.7 Å². The maximum absolute atomic E-state index is 13.4. The molecule has 3 aromatic rings. The minimum Gasteiger partial charge on any atom is -0.453 e. The van der Waals surface area contributed by atoms with Crippen LogP contribution in [-0.4, -0.2) is 57.2 Å². The smallest absolute Gasteiger partial charge is 0.305 e. The van der Waals surface area contributed by atoms with E-state index in [1.165, 1.54) is 32.9 Å². The fourth-order valence-corrected chi connectivity index (χ4v) is 5.95. The Labute approximate surface area is 251 Å². The Hall–Kier alpha value is -3.61. The molecule has 0 amide bonds. The third-order valence-corrected chi connectivity index (χ3v) is 8.34. The fourth-order valence-electron chi connectivity index (χ4n) is 4.83. The SMILES string of the molecule is CC(=O)O[C@H]1OC(COCc2ccccc2)(C(C)OS(=O)(=O)c2ccc(C)cc2)[C@@H](OCc2ccccc2)[C@H]1OC(C)=O. The van der Waals surface area contributed by atoms with E-state index in [2.05, 4.69) is 0 Å². The maximum Gasteiger partial charge on any atom is 0.305 e. The van der Waals surface area contributed by atoms with Gasteiger partial charge in [-0.3, -0.25) is 13.8 Å². The van der Waals surface area contributed by atoms with Crippen LogP contribution in [0.2, 0.25) is 0 Å². The zero-order chi connectivity index (χ0) is 31.0. The maximum atomic E-state index is 13.4. The van der Waals surface area contributed by atoms with Crippen molar-refractivity contribution in [1.82, 2.24) is 0 Å². The van der Waals surface area contributed by atoms with Crippen LogP contribution in [0.4, 0.5) is 0 Å². The number of benzene rings is 3. The highest BCUT2D eigenvalue weighted by molar-refractivity contribution is 7.86. The molecule has 43 heavy (non-hydrogen) atoms. The number of carbonyl (C=O) groups excluding carboxylic acids is 2. The van der Waals surface area contributed by atoms with Gasteiger partial charge in [0.05, 0.1) is 24.7 Å². The lowest BCUT2D eigenvalue weighted by Crippen LogP contribution is -2.57. The van der Waals surface area contributed by atoms with Gasteiger partial charge in [-0.2, -0.15) is 8.42 Å². The van der Waals surface area contributed by atoms with Crippen LogP contribution in [0, 0.1) is 6.92 Å². The van der Waals surface area contributed by atoms with Crippen LogP contribution < -0.4 is 0 Å². The summed E-state index contributed by atoms with van der Waals surface area (Å²) in [6.45, 7) is 5.64. The summed E-state index contributed by atoms with van der Waals surface area (Å²) in [6, 6.07) is 24.8. The molecule has 5 atom stereocenters. The molecular weight excluding hydrogens is 576 g/mol. The van der Waals surface area contributed by atoms with Crippen LogP contribution in [0.5, 0.6) is 0 Å². The van der Waals surface area contributed by atoms with Gasteiger partial charge in [-0.05, 0) is 37.1 Å². The molecule has 2 unspecified atom stereocenters. The van der Waals surface area contributed by atoms with Crippen molar-refractivity contribution in [1.29, 1.82) is 0 Å². The van der Waals surface area contributed by atoms with E-state index in [4.69, 9.17) is 27.9 Å². The molecule has 0 saturated carbocycles. The summed E-state index contributed by atoms with van der Waals surface area (Å²) in [7, 11) is -4.31. The normalized spacial score (nSPS) is 22.6. The van der Waals surface area contributed by atoms with Gasteiger partial charge >= 0.3 is 11.9 Å². The zero-order valence-corrected chi connectivity index (χ0v) is 25.3. The molecule has 3 aromatic carbocycles. The summed E-state index contributed by atoms with van der Waals surface area (Å²) in [5.41, 5.74) is 0.799. The van der Waals surface area contributed by atoms with Crippen molar-refractivity contribution in [2.75, 3.05) is 6.61 Å². The summed E-state index contributed by atoms with van der Waals surface area (Å²) in [4.78, 5) is 24.3. The highest BCUT2D eigenvalue weighted by Crippen LogP contribution is 2.41. The molecule has 11 heteroatoms. The topological polar surface area (TPSA) is 124 Å². The molecule has 1 aliphatic heterocycles. The second-order valence-electron chi connectivity index (χ2n) is 10.3. The van der Waals surface area contributed by atoms with Gasteiger partial charge < -0.3 is 23.7 Å². The van der Waals surface area contributed by atoms with Crippen molar-refractivity contribution >= 4 is 22.1 Å². The van der Waals surface area contributed by atoms with Crippen molar-refractivity contribution in [2.45, 2.75) is 76.0 Å². The van der Waals surface area contributed by atoms with Crippen molar-refractivity contribution < 1.29 is 45.9 Å². The molecule has 0 bridgehead atoms. The molecule has 1 fully saturated rings. The van der Waals surface area contributed by atoms with E-state index in [1.807, 2.05) is 67.6 Å². The predicted molar refractivity (Wildman–Crippen MR) is 155 cm³/mol. The average molecular weight is 613 g/mol. The quantitative estimate of drug-likeness (QED) is 0.202. The predicted octanol–water partition coefficient (Wildman–Crippen LogP) is 4.48. The monoisotopic (exact) mass is 612 g/mol. The first-order chi connectivity index (χ1) is 20.5.